The van der Waals surface area contributed by atoms with E-state index in [1.807, 2.05) is 30.0 Å². The number of anilines is 2. The number of aromatic nitrogens is 2. The first-order valence-electron chi connectivity index (χ1n) is 9.99. The number of morpholine rings is 1. The molecule has 0 spiro atoms. The molecule has 0 atom stereocenters. The Kier molecular flexibility index (Phi) is 6.62. The smallest absolute Gasteiger partial charge is 0.270 e. The summed E-state index contributed by atoms with van der Waals surface area (Å²) in [7, 11) is 0. The zero-order valence-electron chi connectivity index (χ0n) is 17.4. The summed E-state index contributed by atoms with van der Waals surface area (Å²) in [6, 6.07) is 11.8. The van der Waals surface area contributed by atoms with Crippen LogP contribution in [0.25, 0.3) is 0 Å². The number of benzene rings is 2. The summed E-state index contributed by atoms with van der Waals surface area (Å²) in [5, 5.41) is 14.8. The van der Waals surface area contributed by atoms with Gasteiger partial charge in [0, 0.05) is 48.2 Å². The molecule has 0 unspecified atom stereocenters. The van der Waals surface area contributed by atoms with Crippen LogP contribution in [0.3, 0.4) is 0 Å². The zero-order chi connectivity index (χ0) is 22.5. The van der Waals surface area contributed by atoms with Crippen LogP contribution >= 0.6 is 11.8 Å². The molecule has 2 heterocycles. The van der Waals surface area contributed by atoms with Crippen molar-refractivity contribution >= 4 is 34.7 Å². The summed E-state index contributed by atoms with van der Waals surface area (Å²) >= 11 is 1.42. The van der Waals surface area contributed by atoms with E-state index in [0.717, 1.165) is 10.5 Å². The predicted octanol–water partition coefficient (Wildman–Crippen LogP) is 3.93. The van der Waals surface area contributed by atoms with Crippen LogP contribution in [0.15, 0.2) is 64.9 Å². The molecule has 1 aliphatic rings. The highest BCUT2D eigenvalue weighted by Gasteiger charge is 2.22. The van der Waals surface area contributed by atoms with Gasteiger partial charge in [-0.15, -0.1) is 0 Å². The van der Waals surface area contributed by atoms with Crippen molar-refractivity contribution in [3.05, 3.63) is 76.1 Å². The van der Waals surface area contributed by atoms with E-state index < -0.39 is 10.8 Å². The van der Waals surface area contributed by atoms with Crippen molar-refractivity contribution in [2.24, 2.45) is 0 Å². The number of carbonyl (C=O) groups excluding carboxylic acids is 1. The van der Waals surface area contributed by atoms with E-state index in [0.29, 0.717) is 42.8 Å². The van der Waals surface area contributed by atoms with Gasteiger partial charge < -0.3 is 15.0 Å². The third-order valence-electron chi connectivity index (χ3n) is 4.98. The SMILES string of the molecule is Cc1cc(Sc2ncccn2)ccc1NC(=O)c1cc([N+](=O)[O-])ccc1N1CCOCC1. The van der Waals surface area contributed by atoms with Gasteiger partial charge in [0.2, 0.25) is 0 Å². The van der Waals surface area contributed by atoms with Crippen molar-refractivity contribution in [3.63, 3.8) is 0 Å². The minimum atomic E-state index is -0.497. The fourth-order valence-electron chi connectivity index (χ4n) is 3.37. The quantitative estimate of drug-likeness (QED) is 0.341. The maximum absolute atomic E-state index is 13.2. The second kappa shape index (κ2) is 9.75. The van der Waals surface area contributed by atoms with Gasteiger partial charge in [-0.3, -0.25) is 14.9 Å². The predicted molar refractivity (Wildman–Crippen MR) is 121 cm³/mol. The summed E-state index contributed by atoms with van der Waals surface area (Å²) < 4.78 is 5.39. The highest BCUT2D eigenvalue weighted by molar-refractivity contribution is 7.99. The van der Waals surface area contributed by atoms with Crippen LogP contribution in [-0.2, 0) is 4.74 Å². The summed E-state index contributed by atoms with van der Waals surface area (Å²) in [6.07, 6.45) is 3.36. The standard InChI is InChI=1S/C22H21N5O4S/c1-15-13-17(32-22-23-7-2-8-24-22)4-5-19(15)25-21(28)18-14-16(27(29)30)3-6-20(18)26-9-11-31-12-10-26/h2-8,13-14H,9-12H2,1H3,(H,25,28). The van der Waals surface area contributed by atoms with E-state index in [2.05, 4.69) is 15.3 Å². The third-order valence-corrected chi connectivity index (χ3v) is 5.87. The number of hydrogen-bond acceptors (Lipinski definition) is 8. The molecular formula is C22H21N5O4S. The number of hydrogen-bond donors (Lipinski definition) is 1. The second-order valence-electron chi connectivity index (χ2n) is 7.12. The lowest BCUT2D eigenvalue weighted by atomic mass is 10.1. The molecule has 0 saturated carbocycles. The Morgan fingerprint density at radius 1 is 1.16 bits per heavy atom. The van der Waals surface area contributed by atoms with E-state index in [9.17, 15) is 14.9 Å². The molecule has 1 aliphatic heterocycles. The molecule has 2 aromatic carbocycles. The zero-order valence-corrected chi connectivity index (χ0v) is 18.2. The lowest BCUT2D eigenvalue weighted by Gasteiger charge is -2.30. The molecule has 0 bridgehead atoms. The van der Waals surface area contributed by atoms with E-state index in [4.69, 9.17) is 4.74 Å². The summed E-state index contributed by atoms with van der Waals surface area (Å²) in [5.41, 5.74) is 2.28. The van der Waals surface area contributed by atoms with Crippen LogP contribution in [-0.4, -0.2) is 47.1 Å². The number of nitro benzene ring substituents is 1. The molecule has 164 valence electrons. The number of amides is 1. The molecule has 0 radical (unpaired) electrons. The number of aryl methyl sites for hydroxylation is 1. The van der Waals surface area contributed by atoms with Crippen LogP contribution in [0, 0.1) is 17.0 Å². The lowest BCUT2D eigenvalue weighted by Crippen LogP contribution is -2.37. The Hall–Kier alpha value is -3.50. The first-order valence-corrected chi connectivity index (χ1v) is 10.8. The Labute approximate surface area is 189 Å². The van der Waals surface area contributed by atoms with E-state index >= 15 is 0 Å². The van der Waals surface area contributed by atoms with Gasteiger partial charge in [0.15, 0.2) is 5.16 Å². The molecule has 1 fully saturated rings. The number of nitrogens with one attached hydrogen (secondary N) is 1. The number of rotatable bonds is 6. The molecule has 0 aliphatic carbocycles. The van der Waals surface area contributed by atoms with Gasteiger partial charge in [-0.1, -0.05) is 0 Å². The van der Waals surface area contributed by atoms with Crippen LogP contribution in [0.1, 0.15) is 15.9 Å². The fourth-order valence-corrected chi connectivity index (χ4v) is 4.18. The number of carbonyl (C=O) groups is 1. The summed E-state index contributed by atoms with van der Waals surface area (Å²) in [6.45, 7) is 4.21. The molecule has 9 nitrogen and oxygen atoms in total. The molecular weight excluding hydrogens is 430 g/mol. The van der Waals surface area contributed by atoms with Crippen LogP contribution in [0.5, 0.6) is 0 Å². The average Bonchev–Trinajstić information content (AvgIpc) is 2.81. The van der Waals surface area contributed by atoms with E-state index in [-0.39, 0.29) is 11.3 Å². The van der Waals surface area contributed by atoms with Crippen LogP contribution in [0.2, 0.25) is 0 Å². The number of non-ortho nitro benzene ring substituents is 1. The Balaban J connectivity index is 1.57. The minimum Gasteiger partial charge on any atom is -0.378 e. The van der Waals surface area contributed by atoms with Gasteiger partial charge in [-0.2, -0.15) is 0 Å². The molecule has 1 saturated heterocycles. The molecule has 1 amide bonds. The molecule has 10 heteroatoms. The monoisotopic (exact) mass is 451 g/mol. The van der Waals surface area contributed by atoms with Gasteiger partial charge >= 0.3 is 0 Å². The highest BCUT2D eigenvalue weighted by Crippen LogP contribution is 2.30. The number of nitrogens with zero attached hydrogens (tertiary/aromatic N) is 4. The molecule has 4 rings (SSSR count). The van der Waals surface area contributed by atoms with Crippen LogP contribution < -0.4 is 10.2 Å². The molecule has 1 aromatic heterocycles. The van der Waals surface area contributed by atoms with Gasteiger partial charge in [0.05, 0.1) is 29.4 Å². The first-order chi connectivity index (χ1) is 15.5. The second-order valence-corrected chi connectivity index (χ2v) is 8.16. The average molecular weight is 452 g/mol. The topological polar surface area (TPSA) is 110 Å². The lowest BCUT2D eigenvalue weighted by molar-refractivity contribution is -0.384. The molecule has 3 aromatic rings. The summed E-state index contributed by atoms with van der Waals surface area (Å²) in [4.78, 5) is 35.3. The summed E-state index contributed by atoms with van der Waals surface area (Å²) in [5.74, 6) is -0.398. The number of ether oxygens (including phenoxy) is 1. The van der Waals surface area contributed by atoms with Crippen molar-refractivity contribution in [3.8, 4) is 0 Å². The Morgan fingerprint density at radius 3 is 2.59 bits per heavy atom. The normalized spacial score (nSPS) is 13.6. The number of nitro groups is 1. The van der Waals surface area contributed by atoms with Crippen molar-refractivity contribution in [1.82, 2.24) is 9.97 Å². The molecule has 32 heavy (non-hydrogen) atoms. The highest BCUT2D eigenvalue weighted by atomic mass is 32.2. The van der Waals surface area contributed by atoms with Crippen molar-refractivity contribution in [1.29, 1.82) is 0 Å². The minimum absolute atomic E-state index is 0.126. The largest absolute Gasteiger partial charge is 0.378 e. The van der Waals surface area contributed by atoms with Gasteiger partial charge in [0.25, 0.3) is 11.6 Å². The van der Waals surface area contributed by atoms with Crippen molar-refractivity contribution in [2.75, 3.05) is 36.5 Å². The van der Waals surface area contributed by atoms with E-state index in [1.54, 1.807) is 24.5 Å². The Morgan fingerprint density at radius 2 is 1.91 bits per heavy atom. The Bertz CT molecular complexity index is 1140. The fraction of sp³-hybridized carbons (Fsp3) is 0.227. The third kappa shape index (κ3) is 5.04. The first kappa shape index (κ1) is 21.7. The maximum Gasteiger partial charge on any atom is 0.270 e. The van der Waals surface area contributed by atoms with Crippen molar-refractivity contribution in [2.45, 2.75) is 17.0 Å². The van der Waals surface area contributed by atoms with Gasteiger partial charge in [0.1, 0.15) is 0 Å². The van der Waals surface area contributed by atoms with Gasteiger partial charge in [-0.05, 0) is 54.6 Å². The van der Waals surface area contributed by atoms with E-state index in [1.165, 1.54) is 23.9 Å². The van der Waals surface area contributed by atoms with Crippen molar-refractivity contribution < 1.29 is 14.5 Å². The van der Waals surface area contributed by atoms with Crippen LogP contribution in [0.4, 0.5) is 17.1 Å². The maximum atomic E-state index is 13.2. The van der Waals surface area contributed by atoms with Gasteiger partial charge in [-0.25, -0.2) is 9.97 Å². The molecule has 1 N–H and O–H groups in total.